The molecule has 0 aliphatic heterocycles. The number of nitrogens with zero attached hydrogens (tertiary/aromatic N) is 2. The first-order valence-electron chi connectivity index (χ1n) is 12.0. The predicted molar refractivity (Wildman–Crippen MR) is 142 cm³/mol. The average molecular weight is 526 g/mol. The Morgan fingerprint density at radius 2 is 1.54 bits per heavy atom. The van der Waals surface area contributed by atoms with Crippen LogP contribution in [0.1, 0.15) is 30.5 Å². The van der Waals surface area contributed by atoms with Crippen molar-refractivity contribution in [3.63, 3.8) is 0 Å². The van der Waals surface area contributed by atoms with Crippen LogP contribution >= 0.6 is 0 Å². The quantitative estimate of drug-likeness (QED) is 0.430. The highest BCUT2D eigenvalue weighted by atomic mass is 32.2. The number of nitrogens with one attached hydrogen (secondary N) is 1. The van der Waals surface area contributed by atoms with Crippen molar-refractivity contribution >= 4 is 27.5 Å². The summed E-state index contributed by atoms with van der Waals surface area (Å²) in [7, 11) is -4.12. The van der Waals surface area contributed by atoms with Gasteiger partial charge >= 0.3 is 0 Å². The maximum atomic E-state index is 13.8. The molecule has 2 amide bonds. The number of halogens is 1. The fourth-order valence-corrected chi connectivity index (χ4v) is 5.45. The summed E-state index contributed by atoms with van der Waals surface area (Å²) in [5.74, 6) is -1.36. The Morgan fingerprint density at radius 3 is 2.11 bits per heavy atom. The molecule has 0 aromatic heterocycles. The summed E-state index contributed by atoms with van der Waals surface area (Å²) in [4.78, 5) is 27.8. The SMILES string of the molecule is CCNC(=O)C(C)N(Cc1ccc(F)cc1)C(=O)CN(c1cc(C)cc(C)c1)S(=O)(=O)c1ccccc1. The zero-order valence-electron chi connectivity index (χ0n) is 21.4. The van der Waals surface area contributed by atoms with Crippen molar-refractivity contribution in [2.45, 2.75) is 45.2 Å². The molecule has 9 heteroatoms. The second-order valence-corrected chi connectivity index (χ2v) is 10.8. The molecule has 1 unspecified atom stereocenters. The zero-order chi connectivity index (χ0) is 27.2. The minimum atomic E-state index is -4.12. The Morgan fingerprint density at radius 1 is 0.946 bits per heavy atom. The summed E-state index contributed by atoms with van der Waals surface area (Å²) in [6, 6.07) is 17.9. The van der Waals surface area contributed by atoms with E-state index in [-0.39, 0.29) is 17.3 Å². The van der Waals surface area contributed by atoms with E-state index in [9.17, 15) is 22.4 Å². The van der Waals surface area contributed by atoms with Crippen molar-refractivity contribution < 1.29 is 22.4 Å². The van der Waals surface area contributed by atoms with Crippen LogP contribution in [0.15, 0.2) is 77.7 Å². The van der Waals surface area contributed by atoms with Gasteiger partial charge in [0.05, 0.1) is 10.6 Å². The van der Waals surface area contributed by atoms with Gasteiger partial charge in [-0.15, -0.1) is 0 Å². The first kappa shape index (κ1) is 27.9. The Hall–Kier alpha value is -3.72. The van der Waals surface area contributed by atoms with Crippen molar-refractivity contribution in [1.82, 2.24) is 10.2 Å². The molecule has 3 rings (SSSR count). The molecule has 37 heavy (non-hydrogen) atoms. The van der Waals surface area contributed by atoms with Crippen LogP contribution < -0.4 is 9.62 Å². The largest absolute Gasteiger partial charge is 0.355 e. The topological polar surface area (TPSA) is 86.8 Å². The number of amides is 2. The van der Waals surface area contributed by atoms with Gasteiger partial charge in [-0.1, -0.05) is 36.4 Å². The number of aryl methyl sites for hydroxylation is 2. The van der Waals surface area contributed by atoms with Crippen LogP contribution in [0.5, 0.6) is 0 Å². The molecule has 3 aromatic rings. The standard InChI is InChI=1S/C28H32FN3O4S/c1-5-30-28(34)22(4)31(18-23-11-13-24(29)14-12-23)27(33)19-32(25-16-20(2)15-21(3)17-25)37(35,36)26-9-7-6-8-10-26/h6-17,22H,5,18-19H2,1-4H3,(H,30,34). The molecule has 0 fully saturated rings. The number of hydrogen-bond donors (Lipinski definition) is 1. The smallest absolute Gasteiger partial charge is 0.264 e. The van der Waals surface area contributed by atoms with E-state index in [1.165, 1.54) is 41.3 Å². The van der Waals surface area contributed by atoms with Gasteiger partial charge in [-0.2, -0.15) is 0 Å². The van der Waals surface area contributed by atoms with Crippen molar-refractivity contribution in [2.24, 2.45) is 0 Å². The maximum Gasteiger partial charge on any atom is 0.264 e. The summed E-state index contributed by atoms with van der Waals surface area (Å²) in [5, 5.41) is 2.71. The van der Waals surface area contributed by atoms with Gasteiger partial charge in [0.2, 0.25) is 11.8 Å². The summed E-state index contributed by atoms with van der Waals surface area (Å²) in [6.07, 6.45) is 0. The van der Waals surface area contributed by atoms with Gasteiger partial charge < -0.3 is 10.2 Å². The van der Waals surface area contributed by atoms with E-state index < -0.39 is 34.3 Å². The third-order valence-electron chi connectivity index (χ3n) is 5.89. The highest BCUT2D eigenvalue weighted by molar-refractivity contribution is 7.92. The third kappa shape index (κ3) is 6.95. The van der Waals surface area contributed by atoms with Crippen LogP contribution in [0.2, 0.25) is 0 Å². The molecule has 0 heterocycles. The van der Waals surface area contributed by atoms with E-state index >= 15 is 0 Å². The monoisotopic (exact) mass is 525 g/mol. The van der Waals surface area contributed by atoms with E-state index in [1.807, 2.05) is 19.9 Å². The second kappa shape index (κ2) is 12.0. The first-order chi connectivity index (χ1) is 17.5. The Kier molecular flexibility index (Phi) is 9.04. The van der Waals surface area contributed by atoms with Crippen LogP contribution in [0.25, 0.3) is 0 Å². The van der Waals surface area contributed by atoms with Crippen LogP contribution in [0, 0.1) is 19.7 Å². The fraction of sp³-hybridized carbons (Fsp3) is 0.286. The molecular formula is C28H32FN3O4S. The number of hydrogen-bond acceptors (Lipinski definition) is 4. The minimum absolute atomic E-state index is 0.00346. The Bertz CT molecular complexity index is 1330. The zero-order valence-corrected chi connectivity index (χ0v) is 22.3. The van der Waals surface area contributed by atoms with Gasteiger partial charge in [-0.25, -0.2) is 12.8 Å². The summed E-state index contributed by atoms with van der Waals surface area (Å²) >= 11 is 0. The second-order valence-electron chi connectivity index (χ2n) is 8.89. The third-order valence-corrected chi connectivity index (χ3v) is 7.68. The highest BCUT2D eigenvalue weighted by Crippen LogP contribution is 2.26. The van der Waals surface area contributed by atoms with Crippen molar-refractivity contribution in [3.8, 4) is 0 Å². The Balaban J connectivity index is 2.04. The molecule has 7 nitrogen and oxygen atoms in total. The molecule has 1 atom stereocenters. The fourth-order valence-electron chi connectivity index (χ4n) is 4.03. The average Bonchev–Trinajstić information content (AvgIpc) is 2.86. The normalized spacial score (nSPS) is 12.0. The lowest BCUT2D eigenvalue weighted by molar-refractivity contribution is -0.139. The molecule has 1 N–H and O–H groups in total. The van der Waals surface area contributed by atoms with Gasteiger partial charge in [0.1, 0.15) is 18.4 Å². The number of carbonyl (C=O) groups is 2. The number of sulfonamides is 1. The lowest BCUT2D eigenvalue weighted by Gasteiger charge is -2.32. The highest BCUT2D eigenvalue weighted by Gasteiger charge is 2.32. The van der Waals surface area contributed by atoms with E-state index in [2.05, 4.69) is 5.32 Å². The maximum absolute atomic E-state index is 13.8. The van der Waals surface area contributed by atoms with Gasteiger partial charge in [0.25, 0.3) is 10.0 Å². The predicted octanol–water partition coefficient (Wildman–Crippen LogP) is 4.19. The van der Waals surface area contributed by atoms with Gasteiger partial charge in [-0.3, -0.25) is 13.9 Å². The molecule has 0 radical (unpaired) electrons. The lowest BCUT2D eigenvalue weighted by atomic mass is 10.1. The molecule has 0 saturated carbocycles. The molecule has 0 saturated heterocycles. The van der Waals surface area contributed by atoms with Crippen LogP contribution in [0.4, 0.5) is 10.1 Å². The van der Waals surface area contributed by atoms with E-state index in [0.717, 1.165) is 15.4 Å². The van der Waals surface area contributed by atoms with Crippen LogP contribution in [0.3, 0.4) is 0 Å². The van der Waals surface area contributed by atoms with Crippen molar-refractivity contribution in [3.05, 3.63) is 95.3 Å². The van der Waals surface area contributed by atoms with Gasteiger partial charge in [0, 0.05) is 13.1 Å². The van der Waals surface area contributed by atoms with E-state index in [4.69, 9.17) is 0 Å². The van der Waals surface area contributed by atoms with Crippen molar-refractivity contribution in [1.29, 1.82) is 0 Å². The molecule has 0 aliphatic rings. The van der Waals surface area contributed by atoms with Crippen LogP contribution in [-0.2, 0) is 26.2 Å². The van der Waals surface area contributed by atoms with E-state index in [1.54, 1.807) is 44.2 Å². The number of likely N-dealkylation sites (N-methyl/N-ethyl adjacent to an activating group) is 1. The lowest BCUT2D eigenvalue weighted by Crippen LogP contribution is -2.51. The van der Waals surface area contributed by atoms with E-state index in [0.29, 0.717) is 17.8 Å². The summed E-state index contributed by atoms with van der Waals surface area (Å²) in [5.41, 5.74) is 2.64. The molecule has 3 aromatic carbocycles. The Labute approximate surface area is 218 Å². The number of benzene rings is 3. The molecule has 196 valence electrons. The number of rotatable bonds is 10. The summed E-state index contributed by atoms with van der Waals surface area (Å²) in [6.45, 7) is 6.91. The van der Waals surface area contributed by atoms with Crippen LogP contribution in [-0.4, -0.2) is 44.3 Å². The van der Waals surface area contributed by atoms with Gasteiger partial charge in [0.15, 0.2) is 0 Å². The molecule has 0 bridgehead atoms. The molecule has 0 aliphatic carbocycles. The number of carbonyl (C=O) groups excluding carboxylic acids is 2. The van der Waals surface area contributed by atoms with Gasteiger partial charge in [-0.05, 0) is 80.8 Å². The molecule has 0 spiro atoms. The number of anilines is 1. The first-order valence-corrected chi connectivity index (χ1v) is 13.4. The molecular weight excluding hydrogens is 493 g/mol. The summed E-state index contributed by atoms with van der Waals surface area (Å²) < 4.78 is 42.0. The minimum Gasteiger partial charge on any atom is -0.355 e. The van der Waals surface area contributed by atoms with Crippen molar-refractivity contribution in [2.75, 3.05) is 17.4 Å².